The molecule has 0 saturated heterocycles. The molecule has 0 unspecified atom stereocenters. The van der Waals surface area contributed by atoms with Crippen molar-refractivity contribution in [2.24, 2.45) is 5.41 Å². The van der Waals surface area contributed by atoms with Crippen LogP contribution in [-0.4, -0.2) is 46.2 Å². The molecule has 33 heavy (non-hydrogen) atoms. The van der Waals surface area contributed by atoms with Gasteiger partial charge in [0.1, 0.15) is 5.82 Å². The van der Waals surface area contributed by atoms with E-state index in [9.17, 15) is 4.79 Å². The summed E-state index contributed by atoms with van der Waals surface area (Å²) in [6.07, 6.45) is 2.80. The zero-order chi connectivity index (χ0) is 23.4. The second-order valence-corrected chi connectivity index (χ2v) is 8.89. The normalized spacial score (nSPS) is 16.8. The summed E-state index contributed by atoms with van der Waals surface area (Å²) in [7, 11) is 17.4. The second kappa shape index (κ2) is 7.72. The van der Waals surface area contributed by atoms with E-state index in [0.29, 0.717) is 31.0 Å². The van der Waals surface area contributed by atoms with Gasteiger partial charge < -0.3 is 14.2 Å². The molecular weight excluding hydrogens is 414 g/mol. The molecule has 1 fully saturated rings. The third kappa shape index (κ3) is 3.92. The number of para-hydroxylation sites is 1. The van der Waals surface area contributed by atoms with Crippen molar-refractivity contribution in [2.75, 3.05) is 18.1 Å². The first-order valence-corrected chi connectivity index (χ1v) is 10.8. The van der Waals surface area contributed by atoms with Crippen LogP contribution in [0.2, 0.25) is 0 Å². The highest BCUT2D eigenvalue weighted by molar-refractivity contribution is 6.56. The van der Waals surface area contributed by atoms with Crippen molar-refractivity contribution in [2.45, 2.75) is 31.4 Å². The number of hydrogen-bond acceptors (Lipinski definition) is 4. The Kier molecular flexibility index (Phi) is 5.08. The van der Waals surface area contributed by atoms with E-state index >= 15 is 4.39 Å². The van der Waals surface area contributed by atoms with Crippen LogP contribution < -0.4 is 15.3 Å². The van der Waals surface area contributed by atoms with E-state index in [4.69, 9.17) is 28.3 Å². The molecule has 1 saturated carbocycles. The summed E-state index contributed by atoms with van der Waals surface area (Å²) in [6, 6.07) is 9.92. The Morgan fingerprint density at radius 2 is 1.94 bits per heavy atom. The van der Waals surface area contributed by atoms with Crippen LogP contribution in [0.25, 0.3) is 10.9 Å². The zero-order valence-electron chi connectivity index (χ0n) is 18.3. The van der Waals surface area contributed by atoms with E-state index in [1.165, 1.54) is 12.1 Å². The molecule has 5 nitrogen and oxygen atoms in total. The zero-order valence-corrected chi connectivity index (χ0v) is 18.3. The van der Waals surface area contributed by atoms with Crippen LogP contribution in [0, 0.1) is 23.1 Å². The maximum atomic E-state index is 15.2. The van der Waals surface area contributed by atoms with E-state index in [1.54, 1.807) is 11.0 Å². The first-order valence-electron chi connectivity index (χ1n) is 10.8. The predicted octanol–water partition coefficient (Wildman–Crippen LogP) is 2.68. The van der Waals surface area contributed by atoms with Gasteiger partial charge in [0.25, 0.3) is 0 Å². The number of nitrogens with zero attached hydrogens (tertiary/aromatic N) is 3. The molecule has 0 amide bonds. The van der Waals surface area contributed by atoms with Crippen LogP contribution in [0.15, 0.2) is 41.2 Å². The molecule has 1 aliphatic carbocycles. The number of benzene rings is 2. The summed E-state index contributed by atoms with van der Waals surface area (Å²) >= 11 is 0. The number of rotatable bonds is 2. The summed E-state index contributed by atoms with van der Waals surface area (Å²) < 4.78 is 22.1. The smallest absolute Gasteiger partial charge is 0.348 e. The molecule has 2 aromatic carbocycles. The molecular formula is C24H19B3FN3O2. The Bertz CT molecular complexity index is 1380. The lowest BCUT2D eigenvalue weighted by Gasteiger charge is -2.29. The van der Waals surface area contributed by atoms with Gasteiger partial charge in [-0.25, -0.2) is 9.18 Å². The molecule has 1 aromatic heterocycles. The second-order valence-electron chi connectivity index (χ2n) is 8.89. The van der Waals surface area contributed by atoms with Crippen LogP contribution in [-0.2, 0) is 5.24 Å². The Labute approximate surface area is 195 Å². The molecule has 6 radical (unpaired) electrons. The highest BCUT2D eigenvalue weighted by Gasteiger charge is 2.35. The standard InChI is InChI=1S/C24H19B3FN3O2/c1-23(11-12-23)10-9-15-5-2-8-18-20(15)33-14-4-13-30(18)21-19-16(28)6-3-7-17(19)31(22(32)29-21)24(25,26)27/h2-3,5-8H,4,11-14H2,1H3. The third-order valence-corrected chi connectivity index (χ3v) is 6.05. The number of fused-ring (bicyclic) bond motifs is 2. The Balaban J connectivity index is 1.74. The van der Waals surface area contributed by atoms with Crippen LogP contribution in [0.4, 0.5) is 15.9 Å². The average molecular weight is 433 g/mol. The van der Waals surface area contributed by atoms with Gasteiger partial charge in [0, 0.05) is 12.0 Å². The Hall–Kier alpha value is -3.14. The lowest BCUT2D eigenvalue weighted by Crippen LogP contribution is -2.44. The molecule has 9 heteroatoms. The molecule has 0 atom stereocenters. The van der Waals surface area contributed by atoms with E-state index in [0.717, 1.165) is 23.0 Å². The number of anilines is 2. The fourth-order valence-corrected chi connectivity index (χ4v) is 4.05. The molecule has 158 valence electrons. The minimum atomic E-state index is -2.05. The highest BCUT2D eigenvalue weighted by atomic mass is 19.1. The van der Waals surface area contributed by atoms with Crippen molar-refractivity contribution in [1.29, 1.82) is 0 Å². The Morgan fingerprint density at radius 3 is 2.67 bits per heavy atom. The van der Waals surface area contributed by atoms with Gasteiger partial charge in [0.15, 0.2) is 11.6 Å². The fraction of sp³-hybridized carbons (Fsp3) is 0.333. The molecule has 2 heterocycles. The number of ether oxygens (including phenoxy) is 1. The Morgan fingerprint density at radius 1 is 1.18 bits per heavy atom. The molecule has 0 bridgehead atoms. The van der Waals surface area contributed by atoms with Gasteiger partial charge in [-0.2, -0.15) is 4.98 Å². The molecule has 5 rings (SSSR count). The minimum Gasteiger partial charge on any atom is -0.490 e. The summed E-state index contributed by atoms with van der Waals surface area (Å²) in [5, 5.41) is -1.95. The van der Waals surface area contributed by atoms with Crippen LogP contribution in [0.1, 0.15) is 31.7 Å². The van der Waals surface area contributed by atoms with Gasteiger partial charge in [-0.1, -0.05) is 29.2 Å². The van der Waals surface area contributed by atoms with Gasteiger partial charge in [-0.3, -0.25) is 0 Å². The molecule has 0 spiro atoms. The first kappa shape index (κ1) is 21.7. The predicted molar refractivity (Wildman–Crippen MR) is 129 cm³/mol. The number of halogens is 1. The van der Waals surface area contributed by atoms with Crippen LogP contribution in [0.3, 0.4) is 0 Å². The molecule has 3 aromatic rings. The largest absolute Gasteiger partial charge is 0.490 e. The van der Waals surface area contributed by atoms with E-state index < -0.39 is 16.7 Å². The van der Waals surface area contributed by atoms with Crippen molar-refractivity contribution in [3.05, 3.63) is 58.3 Å². The minimum absolute atomic E-state index is 0.0533. The van der Waals surface area contributed by atoms with Crippen molar-refractivity contribution >= 4 is 45.9 Å². The maximum Gasteiger partial charge on any atom is 0.348 e. The summed E-state index contributed by atoms with van der Waals surface area (Å²) in [5.74, 6) is 6.75. The maximum absolute atomic E-state index is 15.2. The lowest BCUT2D eigenvalue weighted by molar-refractivity contribution is 0.322. The van der Waals surface area contributed by atoms with Crippen LogP contribution >= 0.6 is 0 Å². The summed E-state index contributed by atoms with van der Waals surface area (Å²) in [6.45, 7) is 3.05. The van der Waals surface area contributed by atoms with Crippen molar-refractivity contribution in [3.8, 4) is 17.6 Å². The number of hydrogen-bond donors (Lipinski definition) is 0. The summed E-state index contributed by atoms with van der Waals surface area (Å²) in [4.78, 5) is 18.9. The van der Waals surface area contributed by atoms with Crippen LogP contribution in [0.5, 0.6) is 5.75 Å². The van der Waals surface area contributed by atoms with Gasteiger partial charge in [-0.15, -0.1) is 0 Å². The summed E-state index contributed by atoms with van der Waals surface area (Å²) in [5.41, 5.74) is 0.837. The van der Waals surface area contributed by atoms with Crippen molar-refractivity contribution < 1.29 is 9.13 Å². The monoisotopic (exact) mass is 433 g/mol. The third-order valence-electron chi connectivity index (χ3n) is 6.05. The van der Waals surface area contributed by atoms with E-state index in [1.807, 2.05) is 18.2 Å². The highest BCUT2D eigenvalue weighted by Crippen LogP contribution is 2.45. The fourth-order valence-electron chi connectivity index (χ4n) is 4.05. The molecule has 1 aliphatic heterocycles. The van der Waals surface area contributed by atoms with Gasteiger partial charge in [-0.05, 0) is 50.5 Å². The first-order chi connectivity index (χ1) is 15.7. The van der Waals surface area contributed by atoms with E-state index in [-0.39, 0.29) is 22.1 Å². The van der Waals surface area contributed by atoms with Crippen molar-refractivity contribution in [1.82, 2.24) is 9.55 Å². The van der Waals surface area contributed by atoms with Gasteiger partial charge >= 0.3 is 5.69 Å². The topological polar surface area (TPSA) is 47.4 Å². The average Bonchev–Trinajstić information content (AvgIpc) is 3.52. The molecule has 0 N–H and O–H groups in total. The number of aromatic nitrogens is 2. The quantitative estimate of drug-likeness (QED) is 0.461. The van der Waals surface area contributed by atoms with Crippen molar-refractivity contribution in [3.63, 3.8) is 0 Å². The lowest BCUT2D eigenvalue weighted by atomic mass is 9.49. The van der Waals surface area contributed by atoms with Gasteiger partial charge in [0.05, 0.1) is 52.3 Å². The SMILES string of the molecule is [B]C([B])([B])n1c(=O)nc(N2CCCOc3c(C#CC4(C)CC4)cccc32)c2c(F)cccc21. The van der Waals surface area contributed by atoms with Gasteiger partial charge in [0.2, 0.25) is 0 Å². The molecule has 2 aliphatic rings. The van der Waals surface area contributed by atoms with E-state index in [2.05, 4.69) is 23.7 Å².